The average molecular weight is 255 g/mol. The first-order valence-electron chi connectivity index (χ1n) is 4.97. The Hall–Kier alpha value is -0.340. The highest BCUT2D eigenvalue weighted by molar-refractivity contribution is 9.08. The van der Waals surface area contributed by atoms with Crippen LogP contribution in [0, 0.1) is 5.92 Å². The lowest BCUT2D eigenvalue weighted by Gasteiger charge is -2.14. The van der Waals surface area contributed by atoms with Crippen molar-refractivity contribution in [2.45, 2.75) is 24.8 Å². The zero-order valence-corrected chi connectivity index (χ0v) is 10.2. The minimum atomic E-state index is 0.295. The molecule has 76 valence electrons. The Morgan fingerprint density at radius 3 is 2.93 bits per heavy atom. The zero-order chi connectivity index (χ0) is 10.1. The van der Waals surface area contributed by atoms with Crippen LogP contribution < -0.4 is 0 Å². The maximum Gasteiger partial charge on any atom is 0.0852 e. The van der Waals surface area contributed by atoms with Crippen molar-refractivity contribution in [3.05, 3.63) is 34.9 Å². The van der Waals surface area contributed by atoms with Gasteiger partial charge in [-0.05, 0) is 29.0 Å². The van der Waals surface area contributed by atoms with Crippen molar-refractivity contribution >= 4 is 15.9 Å². The molecule has 1 aromatic rings. The highest BCUT2D eigenvalue weighted by atomic mass is 79.9. The lowest BCUT2D eigenvalue weighted by molar-refractivity contribution is 0.0695. The van der Waals surface area contributed by atoms with E-state index >= 15 is 0 Å². The summed E-state index contributed by atoms with van der Waals surface area (Å²) in [5.74, 6) is 0.607. The molecule has 1 nitrogen and oxygen atoms in total. The van der Waals surface area contributed by atoms with Crippen molar-refractivity contribution in [2.24, 2.45) is 5.92 Å². The van der Waals surface area contributed by atoms with E-state index in [2.05, 4.69) is 41.1 Å². The van der Waals surface area contributed by atoms with Crippen LogP contribution in [0.15, 0.2) is 18.2 Å². The van der Waals surface area contributed by atoms with Gasteiger partial charge in [0.25, 0.3) is 0 Å². The summed E-state index contributed by atoms with van der Waals surface area (Å²) >= 11 is 3.53. The van der Waals surface area contributed by atoms with E-state index in [1.807, 2.05) is 0 Å². The van der Waals surface area contributed by atoms with E-state index < -0.39 is 0 Å². The van der Waals surface area contributed by atoms with E-state index in [4.69, 9.17) is 4.74 Å². The van der Waals surface area contributed by atoms with Crippen LogP contribution in [-0.2, 0) is 16.5 Å². The van der Waals surface area contributed by atoms with Crippen LogP contribution in [0.1, 0.15) is 29.7 Å². The maximum absolute atomic E-state index is 5.53. The molecule has 0 saturated carbocycles. The highest BCUT2D eigenvalue weighted by Crippen LogP contribution is 2.39. The number of methoxy groups -OCH3 is 1. The van der Waals surface area contributed by atoms with Crippen LogP contribution in [0.5, 0.6) is 0 Å². The summed E-state index contributed by atoms with van der Waals surface area (Å²) in [5.41, 5.74) is 4.29. The summed E-state index contributed by atoms with van der Waals surface area (Å²) in [6, 6.07) is 6.51. The van der Waals surface area contributed by atoms with E-state index in [1.54, 1.807) is 7.11 Å². The molecule has 0 radical (unpaired) electrons. The molecule has 0 N–H and O–H groups in total. The number of benzene rings is 1. The van der Waals surface area contributed by atoms with Gasteiger partial charge in [0.05, 0.1) is 6.10 Å². The van der Waals surface area contributed by atoms with Gasteiger partial charge in [0.2, 0.25) is 0 Å². The monoisotopic (exact) mass is 254 g/mol. The normalized spacial score (nSPS) is 25.1. The molecule has 0 spiro atoms. The second-order valence-corrected chi connectivity index (χ2v) is 4.52. The van der Waals surface area contributed by atoms with Crippen molar-refractivity contribution in [2.75, 3.05) is 7.11 Å². The summed E-state index contributed by atoms with van der Waals surface area (Å²) in [6.45, 7) is 2.26. The fraction of sp³-hybridized carbons (Fsp3) is 0.500. The molecular weight excluding hydrogens is 240 g/mol. The second-order valence-electron chi connectivity index (χ2n) is 3.96. The molecule has 0 amide bonds. The molecule has 0 heterocycles. The molecule has 2 atom stereocenters. The Balaban J connectivity index is 2.45. The molecule has 1 aliphatic carbocycles. The zero-order valence-electron chi connectivity index (χ0n) is 8.59. The van der Waals surface area contributed by atoms with Gasteiger partial charge in [-0.2, -0.15) is 0 Å². The Kier molecular flexibility index (Phi) is 2.93. The Bertz CT molecular complexity index is 335. The van der Waals surface area contributed by atoms with Crippen molar-refractivity contribution in [3.8, 4) is 0 Å². The van der Waals surface area contributed by atoms with Gasteiger partial charge in [-0.1, -0.05) is 41.1 Å². The smallest absolute Gasteiger partial charge is 0.0852 e. The largest absolute Gasteiger partial charge is 0.376 e. The summed E-state index contributed by atoms with van der Waals surface area (Å²) in [7, 11) is 1.80. The number of fused-ring (bicyclic) bond motifs is 1. The minimum absolute atomic E-state index is 0.295. The van der Waals surface area contributed by atoms with Crippen LogP contribution in [0.25, 0.3) is 0 Å². The molecule has 0 saturated heterocycles. The van der Waals surface area contributed by atoms with Gasteiger partial charge in [0.15, 0.2) is 0 Å². The molecule has 1 aliphatic rings. The first-order valence-corrected chi connectivity index (χ1v) is 6.09. The lowest BCUT2D eigenvalue weighted by Crippen LogP contribution is -2.05. The third-order valence-corrected chi connectivity index (χ3v) is 3.66. The quantitative estimate of drug-likeness (QED) is 0.735. The van der Waals surface area contributed by atoms with Crippen LogP contribution in [0.4, 0.5) is 0 Å². The Morgan fingerprint density at radius 2 is 2.29 bits per heavy atom. The fourth-order valence-corrected chi connectivity index (χ4v) is 2.92. The van der Waals surface area contributed by atoms with Gasteiger partial charge in [-0.3, -0.25) is 0 Å². The van der Waals surface area contributed by atoms with Crippen LogP contribution >= 0.6 is 15.9 Å². The molecule has 2 heteroatoms. The van der Waals surface area contributed by atoms with Crippen LogP contribution in [0.3, 0.4) is 0 Å². The summed E-state index contributed by atoms with van der Waals surface area (Å²) in [4.78, 5) is 0. The van der Waals surface area contributed by atoms with Gasteiger partial charge >= 0.3 is 0 Å². The standard InChI is InChI=1S/C12H15BrO/c1-8-6-11-9(7-13)4-3-5-10(11)12(8)14-2/h3-5,8,12H,6-7H2,1-2H3. The number of hydrogen-bond acceptors (Lipinski definition) is 1. The molecule has 1 aromatic carbocycles. The number of alkyl halides is 1. The van der Waals surface area contributed by atoms with Crippen molar-refractivity contribution in [1.29, 1.82) is 0 Å². The van der Waals surface area contributed by atoms with E-state index in [1.165, 1.54) is 16.7 Å². The molecule has 2 rings (SSSR count). The Morgan fingerprint density at radius 1 is 1.50 bits per heavy atom. The fourth-order valence-electron chi connectivity index (χ4n) is 2.39. The van der Waals surface area contributed by atoms with E-state index in [-0.39, 0.29) is 0 Å². The van der Waals surface area contributed by atoms with E-state index in [0.717, 1.165) is 11.8 Å². The van der Waals surface area contributed by atoms with Gasteiger partial charge in [-0.15, -0.1) is 0 Å². The molecular formula is C12H15BrO. The SMILES string of the molecule is COC1c2cccc(CBr)c2CC1C. The number of halogens is 1. The predicted octanol–water partition coefficient (Wildman–Crippen LogP) is 3.46. The van der Waals surface area contributed by atoms with Crippen LogP contribution in [-0.4, -0.2) is 7.11 Å². The molecule has 0 fully saturated rings. The summed E-state index contributed by atoms with van der Waals surface area (Å²) in [5, 5.41) is 0.944. The lowest BCUT2D eigenvalue weighted by atomic mass is 10.0. The number of ether oxygens (including phenoxy) is 1. The molecule has 2 unspecified atom stereocenters. The summed E-state index contributed by atoms with van der Waals surface area (Å²) < 4.78 is 5.53. The molecule has 0 bridgehead atoms. The third-order valence-electron chi connectivity index (χ3n) is 3.06. The van der Waals surface area contributed by atoms with Crippen molar-refractivity contribution in [1.82, 2.24) is 0 Å². The minimum Gasteiger partial charge on any atom is -0.376 e. The van der Waals surface area contributed by atoms with Gasteiger partial charge in [-0.25, -0.2) is 0 Å². The first kappa shape index (κ1) is 10.2. The maximum atomic E-state index is 5.53. The molecule has 0 aromatic heterocycles. The second kappa shape index (κ2) is 4.03. The molecule has 14 heavy (non-hydrogen) atoms. The Labute approximate surface area is 93.6 Å². The van der Waals surface area contributed by atoms with Crippen molar-refractivity contribution < 1.29 is 4.74 Å². The topological polar surface area (TPSA) is 9.23 Å². The van der Waals surface area contributed by atoms with E-state index in [0.29, 0.717) is 12.0 Å². The average Bonchev–Trinajstić information content (AvgIpc) is 2.52. The highest BCUT2D eigenvalue weighted by Gasteiger charge is 2.30. The van der Waals surface area contributed by atoms with Gasteiger partial charge < -0.3 is 4.74 Å². The van der Waals surface area contributed by atoms with Crippen molar-refractivity contribution in [3.63, 3.8) is 0 Å². The van der Waals surface area contributed by atoms with Gasteiger partial charge in [0.1, 0.15) is 0 Å². The van der Waals surface area contributed by atoms with Gasteiger partial charge in [0, 0.05) is 12.4 Å². The molecule has 0 aliphatic heterocycles. The third kappa shape index (κ3) is 1.51. The summed E-state index contributed by atoms with van der Waals surface area (Å²) in [6.07, 6.45) is 1.44. The predicted molar refractivity (Wildman–Crippen MR) is 61.7 cm³/mol. The van der Waals surface area contributed by atoms with E-state index in [9.17, 15) is 0 Å². The number of rotatable bonds is 2. The first-order chi connectivity index (χ1) is 6.77. The number of hydrogen-bond donors (Lipinski definition) is 0. The van der Waals surface area contributed by atoms with Crippen LogP contribution in [0.2, 0.25) is 0 Å².